The Labute approximate surface area is 123 Å². The highest BCUT2D eigenvalue weighted by Crippen LogP contribution is 2.40. The maximum absolute atomic E-state index is 5.85. The monoisotopic (exact) mass is 340 g/mol. The molecule has 2 aromatic rings. The van der Waals surface area contributed by atoms with Gasteiger partial charge in [-0.1, -0.05) is 0 Å². The van der Waals surface area contributed by atoms with Gasteiger partial charge >= 0.3 is 0 Å². The standard InChI is InChI=1S/C13H13BrN2O2S/c1-7(15)13-16-10(6-19-13)8-4-11-12(5-9(8)14)18-3-2-17-11/h4-7H,2-3,15H2,1H3. The molecule has 100 valence electrons. The largest absolute Gasteiger partial charge is 0.486 e. The molecule has 0 bridgehead atoms. The third-order valence-electron chi connectivity index (χ3n) is 2.82. The van der Waals surface area contributed by atoms with Crippen LogP contribution in [0.3, 0.4) is 0 Å². The van der Waals surface area contributed by atoms with Crippen molar-refractivity contribution in [3.63, 3.8) is 0 Å². The van der Waals surface area contributed by atoms with Crippen molar-refractivity contribution >= 4 is 27.3 Å². The summed E-state index contributed by atoms with van der Waals surface area (Å²) < 4.78 is 12.1. The Balaban J connectivity index is 2.03. The molecule has 0 spiro atoms. The molecular formula is C13H13BrN2O2S. The molecule has 19 heavy (non-hydrogen) atoms. The summed E-state index contributed by atoms with van der Waals surface area (Å²) in [5.74, 6) is 1.53. The van der Waals surface area contributed by atoms with Crippen molar-refractivity contribution < 1.29 is 9.47 Å². The van der Waals surface area contributed by atoms with E-state index in [0.717, 1.165) is 32.2 Å². The number of halogens is 1. The fourth-order valence-electron chi connectivity index (χ4n) is 1.88. The molecule has 1 unspecified atom stereocenters. The zero-order valence-corrected chi connectivity index (χ0v) is 12.8. The number of benzene rings is 1. The predicted molar refractivity (Wildman–Crippen MR) is 78.8 cm³/mol. The number of hydrogen-bond donors (Lipinski definition) is 1. The van der Waals surface area contributed by atoms with Gasteiger partial charge in [-0.05, 0) is 35.0 Å². The van der Waals surface area contributed by atoms with Crippen molar-refractivity contribution in [1.29, 1.82) is 0 Å². The molecular weight excluding hydrogens is 328 g/mol. The van der Waals surface area contributed by atoms with Crippen molar-refractivity contribution in [2.24, 2.45) is 5.73 Å². The van der Waals surface area contributed by atoms with Crippen molar-refractivity contribution in [2.75, 3.05) is 13.2 Å². The molecule has 0 saturated carbocycles. The van der Waals surface area contributed by atoms with E-state index in [2.05, 4.69) is 20.9 Å². The first-order chi connectivity index (χ1) is 9.15. The lowest BCUT2D eigenvalue weighted by molar-refractivity contribution is 0.171. The number of rotatable bonds is 2. The van der Waals surface area contributed by atoms with Crippen LogP contribution in [0.5, 0.6) is 11.5 Å². The van der Waals surface area contributed by atoms with Gasteiger partial charge in [0, 0.05) is 15.4 Å². The van der Waals surface area contributed by atoms with Crippen LogP contribution >= 0.6 is 27.3 Å². The molecule has 1 aliphatic rings. The van der Waals surface area contributed by atoms with Gasteiger partial charge in [-0.25, -0.2) is 4.98 Å². The van der Waals surface area contributed by atoms with Crippen LogP contribution in [0.4, 0.5) is 0 Å². The van der Waals surface area contributed by atoms with Gasteiger partial charge in [0.2, 0.25) is 0 Å². The summed E-state index contributed by atoms with van der Waals surface area (Å²) in [6, 6.07) is 3.84. The molecule has 6 heteroatoms. The summed E-state index contributed by atoms with van der Waals surface area (Å²) in [7, 11) is 0. The molecule has 3 rings (SSSR count). The molecule has 1 aliphatic heterocycles. The fourth-order valence-corrected chi connectivity index (χ4v) is 3.18. The predicted octanol–water partition coefficient (Wildman–Crippen LogP) is 3.36. The average molecular weight is 341 g/mol. The van der Waals surface area contributed by atoms with Crippen molar-refractivity contribution in [2.45, 2.75) is 13.0 Å². The summed E-state index contributed by atoms with van der Waals surface area (Å²) in [5, 5.41) is 2.94. The molecule has 2 heterocycles. The van der Waals surface area contributed by atoms with Crippen LogP contribution < -0.4 is 15.2 Å². The lowest BCUT2D eigenvalue weighted by atomic mass is 10.1. The Morgan fingerprint density at radius 1 is 1.32 bits per heavy atom. The number of nitrogens with zero attached hydrogens (tertiary/aromatic N) is 1. The minimum Gasteiger partial charge on any atom is -0.486 e. The van der Waals surface area contributed by atoms with E-state index in [1.165, 1.54) is 0 Å². The van der Waals surface area contributed by atoms with Crippen LogP contribution in [0.25, 0.3) is 11.3 Å². The third-order valence-corrected chi connectivity index (χ3v) is 4.52. The van der Waals surface area contributed by atoms with Gasteiger partial charge in [0.05, 0.1) is 11.7 Å². The smallest absolute Gasteiger partial charge is 0.162 e. The van der Waals surface area contributed by atoms with E-state index in [-0.39, 0.29) is 6.04 Å². The van der Waals surface area contributed by atoms with Crippen LogP contribution in [-0.4, -0.2) is 18.2 Å². The number of hydrogen-bond acceptors (Lipinski definition) is 5. The van der Waals surface area contributed by atoms with E-state index in [1.54, 1.807) is 11.3 Å². The second-order valence-electron chi connectivity index (χ2n) is 4.34. The molecule has 0 saturated heterocycles. The Morgan fingerprint density at radius 2 is 2.00 bits per heavy atom. The summed E-state index contributed by atoms with van der Waals surface area (Å²) in [5.41, 5.74) is 7.74. The summed E-state index contributed by atoms with van der Waals surface area (Å²) in [4.78, 5) is 4.56. The van der Waals surface area contributed by atoms with Gasteiger partial charge in [-0.15, -0.1) is 11.3 Å². The molecule has 4 nitrogen and oxygen atoms in total. The van der Waals surface area contributed by atoms with Crippen LogP contribution in [0.2, 0.25) is 0 Å². The van der Waals surface area contributed by atoms with Crippen molar-refractivity contribution in [3.05, 3.63) is 27.0 Å². The van der Waals surface area contributed by atoms with Crippen molar-refractivity contribution in [3.8, 4) is 22.8 Å². The van der Waals surface area contributed by atoms with Gasteiger partial charge in [0.25, 0.3) is 0 Å². The molecule has 1 aromatic heterocycles. The molecule has 0 fully saturated rings. The number of nitrogens with two attached hydrogens (primary N) is 1. The molecule has 2 N–H and O–H groups in total. The van der Waals surface area contributed by atoms with Gasteiger partial charge in [-0.3, -0.25) is 0 Å². The maximum atomic E-state index is 5.85. The van der Waals surface area contributed by atoms with Crippen LogP contribution in [0, 0.1) is 0 Å². The third kappa shape index (κ3) is 2.48. The molecule has 0 radical (unpaired) electrons. The maximum Gasteiger partial charge on any atom is 0.162 e. The number of aromatic nitrogens is 1. The Hall–Kier alpha value is -1.11. The lowest BCUT2D eigenvalue weighted by Crippen LogP contribution is -2.15. The first-order valence-corrected chi connectivity index (χ1v) is 7.63. The molecule has 0 aliphatic carbocycles. The quantitative estimate of drug-likeness (QED) is 0.910. The van der Waals surface area contributed by atoms with Gasteiger partial charge in [0.15, 0.2) is 11.5 Å². The highest BCUT2D eigenvalue weighted by atomic mass is 79.9. The fraction of sp³-hybridized carbons (Fsp3) is 0.308. The summed E-state index contributed by atoms with van der Waals surface area (Å²) in [6.45, 7) is 3.10. The van der Waals surface area contributed by atoms with E-state index >= 15 is 0 Å². The average Bonchev–Trinajstić information content (AvgIpc) is 2.87. The van der Waals surface area contributed by atoms with Crippen molar-refractivity contribution in [1.82, 2.24) is 4.98 Å². The first-order valence-electron chi connectivity index (χ1n) is 5.95. The zero-order valence-electron chi connectivity index (χ0n) is 10.4. The second-order valence-corrected chi connectivity index (χ2v) is 6.08. The van der Waals surface area contributed by atoms with Gasteiger partial charge in [-0.2, -0.15) is 0 Å². The Kier molecular flexibility index (Phi) is 3.47. The summed E-state index contributed by atoms with van der Waals surface area (Å²) in [6.07, 6.45) is 0. The van der Waals surface area contributed by atoms with Crippen LogP contribution in [-0.2, 0) is 0 Å². The van der Waals surface area contributed by atoms with E-state index < -0.39 is 0 Å². The normalized spacial score (nSPS) is 15.3. The SMILES string of the molecule is CC(N)c1nc(-c2cc3c(cc2Br)OCCO3)cs1. The number of ether oxygens (including phenoxy) is 2. The van der Waals surface area contributed by atoms with E-state index in [9.17, 15) is 0 Å². The highest BCUT2D eigenvalue weighted by Gasteiger charge is 2.17. The van der Waals surface area contributed by atoms with Gasteiger partial charge < -0.3 is 15.2 Å². The lowest BCUT2D eigenvalue weighted by Gasteiger charge is -2.19. The van der Waals surface area contributed by atoms with Gasteiger partial charge in [0.1, 0.15) is 18.2 Å². The first kappa shape index (κ1) is 12.9. The Morgan fingerprint density at radius 3 is 2.63 bits per heavy atom. The van der Waals surface area contributed by atoms with E-state index in [0.29, 0.717) is 13.2 Å². The minimum absolute atomic E-state index is 0.0465. The molecule has 1 atom stereocenters. The minimum atomic E-state index is -0.0465. The van der Waals surface area contributed by atoms with Crippen LogP contribution in [0.1, 0.15) is 18.0 Å². The zero-order chi connectivity index (χ0) is 13.4. The van der Waals surface area contributed by atoms with Crippen LogP contribution in [0.15, 0.2) is 22.0 Å². The van der Waals surface area contributed by atoms with E-state index in [1.807, 2.05) is 24.4 Å². The second kappa shape index (κ2) is 5.11. The van der Waals surface area contributed by atoms with E-state index in [4.69, 9.17) is 15.2 Å². The molecule has 1 aromatic carbocycles. The number of fused-ring (bicyclic) bond motifs is 1. The number of thiazole rings is 1. The topological polar surface area (TPSA) is 57.4 Å². The summed E-state index contributed by atoms with van der Waals surface area (Å²) >= 11 is 5.13. The molecule has 0 amide bonds. The Bertz CT molecular complexity index is 613. The highest BCUT2D eigenvalue weighted by molar-refractivity contribution is 9.10.